The minimum Gasteiger partial charge on any atom is -0.301 e. The zero-order valence-electron chi connectivity index (χ0n) is 18.3. The molecule has 1 aliphatic carbocycles. The Morgan fingerprint density at radius 1 is 0.939 bits per heavy atom. The molecule has 3 aromatic rings. The van der Waals surface area contributed by atoms with Crippen molar-refractivity contribution >= 4 is 23.1 Å². The van der Waals surface area contributed by atoms with Crippen LogP contribution in [0.4, 0.5) is 11.4 Å². The second-order valence-electron chi connectivity index (χ2n) is 8.53. The van der Waals surface area contributed by atoms with Crippen molar-refractivity contribution in [1.29, 1.82) is 0 Å². The molecule has 0 radical (unpaired) electrons. The fourth-order valence-corrected chi connectivity index (χ4v) is 5.12. The molecule has 1 aromatic heterocycles. The quantitative estimate of drug-likeness (QED) is 0.236. The van der Waals surface area contributed by atoms with Crippen LogP contribution >= 0.6 is 11.8 Å². The van der Waals surface area contributed by atoms with Crippen molar-refractivity contribution < 1.29 is 9.85 Å². The Hall–Kier alpha value is -3.27. The molecule has 0 aliphatic heterocycles. The summed E-state index contributed by atoms with van der Waals surface area (Å²) in [5.41, 5.74) is 1.06. The van der Waals surface area contributed by atoms with Crippen molar-refractivity contribution in [2.75, 3.05) is 0 Å². The summed E-state index contributed by atoms with van der Waals surface area (Å²) >= 11 is 1.39. The van der Waals surface area contributed by atoms with E-state index in [1.807, 2.05) is 18.2 Å². The molecule has 0 atom stereocenters. The standard InChI is InChI=1S/C23H25N5O4S/c1-16-7-9-19(10-8-16)22-24-25-23(26(22)14-17-5-3-2-4-6-17)33-15-18-11-20(27(29)30)13-21(12-18)28(31)32/h2-6,11-13,16,19H,7-10,14-15H2,1H3. The summed E-state index contributed by atoms with van der Waals surface area (Å²) in [6.07, 6.45) is 4.50. The van der Waals surface area contributed by atoms with E-state index < -0.39 is 9.85 Å². The normalized spacial score (nSPS) is 18.2. The molecule has 0 spiro atoms. The van der Waals surface area contributed by atoms with Gasteiger partial charge in [0.15, 0.2) is 5.16 Å². The predicted octanol–water partition coefficient (Wildman–Crippen LogP) is 5.73. The summed E-state index contributed by atoms with van der Waals surface area (Å²) in [4.78, 5) is 21.2. The number of hydrogen-bond acceptors (Lipinski definition) is 7. The van der Waals surface area contributed by atoms with Crippen LogP contribution in [-0.2, 0) is 12.3 Å². The van der Waals surface area contributed by atoms with E-state index in [-0.39, 0.29) is 11.4 Å². The van der Waals surface area contributed by atoms with E-state index in [0.717, 1.165) is 36.2 Å². The van der Waals surface area contributed by atoms with Crippen molar-refractivity contribution in [3.05, 3.63) is 85.7 Å². The summed E-state index contributed by atoms with van der Waals surface area (Å²) < 4.78 is 2.13. The average molecular weight is 468 g/mol. The number of nitrogens with zero attached hydrogens (tertiary/aromatic N) is 5. The number of non-ortho nitro benzene ring substituents is 2. The summed E-state index contributed by atoms with van der Waals surface area (Å²) in [5, 5.41) is 32.1. The smallest absolute Gasteiger partial charge is 0.276 e. The van der Waals surface area contributed by atoms with E-state index in [9.17, 15) is 20.2 Å². The van der Waals surface area contributed by atoms with Crippen molar-refractivity contribution in [1.82, 2.24) is 14.8 Å². The fourth-order valence-electron chi connectivity index (χ4n) is 4.24. The fraction of sp³-hybridized carbons (Fsp3) is 0.391. The molecule has 10 heteroatoms. The molecule has 2 aromatic carbocycles. The van der Waals surface area contributed by atoms with Crippen LogP contribution in [0.1, 0.15) is 55.5 Å². The number of rotatable bonds is 8. The Labute approximate surface area is 195 Å². The first-order valence-electron chi connectivity index (χ1n) is 10.9. The molecule has 1 saturated carbocycles. The van der Waals surface area contributed by atoms with Gasteiger partial charge in [-0.1, -0.05) is 61.9 Å². The first-order valence-corrected chi connectivity index (χ1v) is 11.9. The highest BCUT2D eigenvalue weighted by Crippen LogP contribution is 2.37. The minimum absolute atomic E-state index is 0.289. The van der Waals surface area contributed by atoms with Crippen LogP contribution in [0, 0.1) is 26.1 Å². The Morgan fingerprint density at radius 3 is 2.18 bits per heavy atom. The monoisotopic (exact) mass is 467 g/mol. The van der Waals surface area contributed by atoms with E-state index in [1.165, 1.54) is 36.7 Å². The number of aromatic nitrogens is 3. The van der Waals surface area contributed by atoms with E-state index in [4.69, 9.17) is 0 Å². The number of nitro groups is 2. The van der Waals surface area contributed by atoms with E-state index >= 15 is 0 Å². The Balaban J connectivity index is 1.61. The predicted molar refractivity (Wildman–Crippen MR) is 125 cm³/mol. The van der Waals surface area contributed by atoms with Crippen LogP contribution in [0.2, 0.25) is 0 Å². The summed E-state index contributed by atoms with van der Waals surface area (Å²) in [6, 6.07) is 13.8. The zero-order chi connectivity index (χ0) is 23.4. The second-order valence-corrected chi connectivity index (χ2v) is 9.47. The summed E-state index contributed by atoms with van der Waals surface area (Å²) in [5.74, 6) is 2.37. The Morgan fingerprint density at radius 2 is 1.58 bits per heavy atom. The molecule has 0 bridgehead atoms. The van der Waals surface area contributed by atoms with Crippen LogP contribution in [0.25, 0.3) is 0 Å². The molecule has 0 N–H and O–H groups in total. The molecule has 172 valence electrons. The van der Waals surface area contributed by atoms with Gasteiger partial charge in [-0.2, -0.15) is 0 Å². The Kier molecular flexibility index (Phi) is 7.02. The third-order valence-electron chi connectivity index (χ3n) is 6.06. The highest BCUT2D eigenvalue weighted by molar-refractivity contribution is 7.98. The lowest BCUT2D eigenvalue weighted by atomic mass is 9.82. The maximum atomic E-state index is 11.2. The first-order chi connectivity index (χ1) is 15.9. The molecule has 1 heterocycles. The van der Waals surface area contributed by atoms with Crippen molar-refractivity contribution in [2.24, 2.45) is 5.92 Å². The largest absolute Gasteiger partial charge is 0.301 e. The van der Waals surface area contributed by atoms with E-state index in [1.54, 1.807) is 0 Å². The van der Waals surface area contributed by atoms with Gasteiger partial charge in [0.25, 0.3) is 11.4 Å². The van der Waals surface area contributed by atoms with Crippen molar-refractivity contribution in [3.63, 3.8) is 0 Å². The topological polar surface area (TPSA) is 117 Å². The Bertz CT molecular complexity index is 1110. The molecule has 0 unspecified atom stereocenters. The van der Waals surface area contributed by atoms with Crippen LogP contribution < -0.4 is 0 Å². The number of benzene rings is 2. The molecule has 1 fully saturated rings. The minimum atomic E-state index is -0.610. The van der Waals surface area contributed by atoms with Gasteiger partial charge in [0.05, 0.1) is 22.5 Å². The average Bonchev–Trinajstić information content (AvgIpc) is 3.21. The molecule has 0 amide bonds. The molecule has 1 aliphatic rings. The van der Waals surface area contributed by atoms with Crippen LogP contribution in [0.5, 0.6) is 0 Å². The number of hydrogen-bond donors (Lipinski definition) is 0. The van der Waals surface area contributed by atoms with Gasteiger partial charge in [-0.25, -0.2) is 0 Å². The molecular formula is C23H25N5O4S. The van der Waals surface area contributed by atoms with Crippen molar-refractivity contribution in [2.45, 2.75) is 56.0 Å². The first kappa shape index (κ1) is 22.9. The second kappa shape index (κ2) is 10.1. The van der Waals surface area contributed by atoms with Gasteiger partial charge in [0.2, 0.25) is 0 Å². The summed E-state index contributed by atoms with van der Waals surface area (Å²) in [7, 11) is 0. The van der Waals surface area contributed by atoms with Crippen LogP contribution in [0.3, 0.4) is 0 Å². The third-order valence-corrected chi connectivity index (χ3v) is 7.10. The molecule has 4 rings (SSSR count). The lowest BCUT2D eigenvalue weighted by Gasteiger charge is -2.26. The van der Waals surface area contributed by atoms with Gasteiger partial charge in [-0.05, 0) is 29.9 Å². The van der Waals surface area contributed by atoms with Crippen molar-refractivity contribution in [3.8, 4) is 0 Å². The van der Waals surface area contributed by atoms with Gasteiger partial charge in [0.1, 0.15) is 5.82 Å². The highest BCUT2D eigenvalue weighted by atomic mass is 32.2. The molecule has 33 heavy (non-hydrogen) atoms. The van der Waals surface area contributed by atoms with Crippen LogP contribution in [0.15, 0.2) is 53.7 Å². The van der Waals surface area contributed by atoms with E-state index in [0.29, 0.717) is 28.9 Å². The highest BCUT2D eigenvalue weighted by Gasteiger charge is 2.26. The lowest BCUT2D eigenvalue weighted by Crippen LogP contribution is -2.16. The zero-order valence-corrected chi connectivity index (χ0v) is 19.1. The number of thioether (sulfide) groups is 1. The van der Waals surface area contributed by atoms with Gasteiger partial charge in [-0.3, -0.25) is 20.2 Å². The maximum absolute atomic E-state index is 11.2. The van der Waals surface area contributed by atoms with Crippen LogP contribution in [-0.4, -0.2) is 24.6 Å². The lowest BCUT2D eigenvalue weighted by molar-refractivity contribution is -0.394. The van der Waals surface area contributed by atoms with Gasteiger partial charge >= 0.3 is 0 Å². The molecule has 0 saturated heterocycles. The van der Waals surface area contributed by atoms with Gasteiger partial charge in [-0.15, -0.1) is 10.2 Å². The van der Waals surface area contributed by atoms with E-state index in [2.05, 4.69) is 33.8 Å². The molecular weight excluding hydrogens is 442 g/mol. The maximum Gasteiger partial charge on any atom is 0.276 e. The third kappa shape index (κ3) is 5.57. The molecule has 9 nitrogen and oxygen atoms in total. The SMILES string of the molecule is CC1CCC(c2nnc(SCc3cc([N+](=O)[O-])cc([N+](=O)[O-])c3)n2Cc2ccccc2)CC1. The number of nitro benzene ring substituents is 2. The van der Waals surface area contributed by atoms with Gasteiger partial charge in [0, 0.05) is 23.8 Å². The van der Waals surface area contributed by atoms with Gasteiger partial charge < -0.3 is 4.57 Å². The summed E-state index contributed by atoms with van der Waals surface area (Å²) in [6.45, 7) is 2.91.